The molecule has 0 radical (unpaired) electrons. The number of aromatic nitrogens is 2. The number of esters is 2. The van der Waals surface area contributed by atoms with Crippen molar-refractivity contribution in [3.63, 3.8) is 0 Å². The number of benzene rings is 1. The molecule has 2 aromatic rings. The van der Waals surface area contributed by atoms with Crippen LogP contribution in [0.4, 0.5) is 0 Å². The number of nitrogens with zero attached hydrogens (tertiary/aromatic N) is 2. The van der Waals surface area contributed by atoms with Gasteiger partial charge in [-0.25, -0.2) is 4.79 Å². The van der Waals surface area contributed by atoms with E-state index in [2.05, 4.69) is 5.16 Å². The molecule has 0 bridgehead atoms. The fraction of sp³-hybridized carbons (Fsp3) is 0.316. The van der Waals surface area contributed by atoms with Gasteiger partial charge in [0.25, 0.3) is 5.56 Å². The number of aromatic amines is 1. The van der Waals surface area contributed by atoms with Crippen LogP contribution in [0.2, 0.25) is 0 Å². The highest BCUT2D eigenvalue weighted by Gasteiger charge is 2.17. The third-order valence-corrected chi connectivity index (χ3v) is 3.94. The summed E-state index contributed by atoms with van der Waals surface area (Å²) >= 11 is 0. The number of aliphatic hydroxyl groups excluding tert-OH is 2. The molecule has 172 valence electrons. The number of hydrogen-bond donors (Lipinski definition) is 4. The summed E-state index contributed by atoms with van der Waals surface area (Å²) in [6.07, 6.45) is -3.43. The monoisotopic (exact) mass is 451 g/mol. The van der Waals surface area contributed by atoms with Crippen LogP contribution in [-0.4, -0.2) is 55.5 Å². The summed E-state index contributed by atoms with van der Waals surface area (Å²) in [7, 11) is 0. The molecule has 4 N–H and O–H groups in total. The molecule has 32 heavy (non-hydrogen) atoms. The molecular formula is C19H21N3O10. The fourth-order valence-electron chi connectivity index (χ4n) is 2.29. The number of aliphatic hydroxyl groups is 2. The van der Waals surface area contributed by atoms with E-state index in [0.29, 0.717) is 15.8 Å². The minimum atomic E-state index is -1.94. The Kier molecular flexibility index (Phi) is 8.83. The Balaban J connectivity index is 1.72. The summed E-state index contributed by atoms with van der Waals surface area (Å²) in [4.78, 5) is 47.9. The third kappa shape index (κ3) is 7.46. The van der Waals surface area contributed by atoms with Gasteiger partial charge in [-0.1, -0.05) is 5.16 Å². The van der Waals surface area contributed by atoms with Crippen molar-refractivity contribution in [1.29, 1.82) is 0 Å². The normalized spacial score (nSPS) is 13.3. The number of H-pyrrole nitrogens is 1. The molecule has 1 aromatic heterocycles. The predicted molar refractivity (Wildman–Crippen MR) is 106 cm³/mol. The van der Waals surface area contributed by atoms with Crippen molar-refractivity contribution >= 4 is 17.7 Å². The maximum atomic E-state index is 11.8. The molecule has 1 aromatic carbocycles. The number of hydrogen-bond acceptors (Lipinski definition) is 11. The van der Waals surface area contributed by atoms with E-state index in [9.17, 15) is 29.4 Å². The Labute approximate surface area is 180 Å². The SMILES string of the molecule is C/C(=N\O)c1ccc(OC(=O)CCC(=O)OCC(O)OC(O)n2ccc(=O)[nH]c2=O)cc1. The predicted octanol–water partition coefficient (Wildman–Crippen LogP) is -0.553. The zero-order valence-corrected chi connectivity index (χ0v) is 16.8. The second-order valence-electron chi connectivity index (χ2n) is 6.30. The summed E-state index contributed by atoms with van der Waals surface area (Å²) in [5.41, 5.74) is -0.643. The number of oxime groups is 1. The quantitative estimate of drug-likeness (QED) is 0.0910. The first kappa shape index (κ1) is 24.5. The number of ether oxygens (including phenoxy) is 3. The zero-order chi connectivity index (χ0) is 23.7. The van der Waals surface area contributed by atoms with Gasteiger partial charge < -0.3 is 29.6 Å². The van der Waals surface area contributed by atoms with Gasteiger partial charge in [-0.2, -0.15) is 0 Å². The Morgan fingerprint density at radius 3 is 2.38 bits per heavy atom. The second kappa shape index (κ2) is 11.5. The van der Waals surface area contributed by atoms with Crippen molar-refractivity contribution in [1.82, 2.24) is 9.55 Å². The molecule has 1 heterocycles. The largest absolute Gasteiger partial charge is 0.460 e. The molecule has 13 heteroatoms. The lowest BCUT2D eigenvalue weighted by Crippen LogP contribution is -2.35. The average Bonchev–Trinajstić information content (AvgIpc) is 2.76. The van der Waals surface area contributed by atoms with E-state index in [-0.39, 0.29) is 18.6 Å². The topological polar surface area (TPSA) is 190 Å². The Morgan fingerprint density at radius 2 is 1.75 bits per heavy atom. The lowest BCUT2D eigenvalue weighted by atomic mass is 10.1. The van der Waals surface area contributed by atoms with Crippen LogP contribution in [0.5, 0.6) is 5.75 Å². The van der Waals surface area contributed by atoms with Crippen LogP contribution in [0.3, 0.4) is 0 Å². The lowest BCUT2D eigenvalue weighted by Gasteiger charge is -2.18. The maximum absolute atomic E-state index is 11.8. The molecule has 0 spiro atoms. The lowest BCUT2D eigenvalue weighted by molar-refractivity contribution is -0.256. The molecule has 0 amide bonds. The number of nitrogens with one attached hydrogen (secondary N) is 1. The summed E-state index contributed by atoms with van der Waals surface area (Å²) < 4.78 is 15.1. The van der Waals surface area contributed by atoms with Gasteiger partial charge >= 0.3 is 17.6 Å². The average molecular weight is 451 g/mol. The minimum absolute atomic E-state index is 0.230. The number of carbonyl (C=O) groups is 2. The second-order valence-corrected chi connectivity index (χ2v) is 6.30. The molecule has 2 atom stereocenters. The van der Waals surface area contributed by atoms with E-state index in [1.807, 2.05) is 4.98 Å². The molecule has 0 fully saturated rings. The highest BCUT2D eigenvalue weighted by atomic mass is 16.7. The number of rotatable bonds is 10. The van der Waals surface area contributed by atoms with Crippen LogP contribution >= 0.6 is 0 Å². The molecule has 2 rings (SSSR count). The Morgan fingerprint density at radius 1 is 1.09 bits per heavy atom. The highest BCUT2D eigenvalue weighted by Crippen LogP contribution is 2.14. The van der Waals surface area contributed by atoms with Gasteiger partial charge in [-0.3, -0.25) is 23.9 Å². The van der Waals surface area contributed by atoms with Gasteiger partial charge in [0, 0.05) is 12.3 Å². The van der Waals surface area contributed by atoms with E-state index >= 15 is 0 Å². The van der Waals surface area contributed by atoms with E-state index in [1.165, 1.54) is 12.1 Å². The van der Waals surface area contributed by atoms with Crippen LogP contribution in [-0.2, 0) is 19.1 Å². The van der Waals surface area contributed by atoms with Crippen LogP contribution in [0.25, 0.3) is 0 Å². The highest BCUT2D eigenvalue weighted by molar-refractivity contribution is 5.98. The van der Waals surface area contributed by atoms with E-state index in [1.54, 1.807) is 19.1 Å². The molecule has 0 aliphatic rings. The van der Waals surface area contributed by atoms with Crippen LogP contribution in [0.15, 0.2) is 51.3 Å². The minimum Gasteiger partial charge on any atom is -0.460 e. The smallest absolute Gasteiger partial charge is 0.332 e. The third-order valence-electron chi connectivity index (χ3n) is 3.94. The van der Waals surface area contributed by atoms with Crippen LogP contribution in [0, 0.1) is 0 Å². The Hall–Kier alpha value is -3.81. The van der Waals surface area contributed by atoms with Crippen molar-refractivity contribution in [3.05, 3.63) is 62.9 Å². The van der Waals surface area contributed by atoms with Crippen molar-refractivity contribution in [3.8, 4) is 5.75 Å². The van der Waals surface area contributed by atoms with Crippen LogP contribution in [0.1, 0.15) is 31.7 Å². The molecule has 0 saturated carbocycles. The van der Waals surface area contributed by atoms with Crippen molar-refractivity contribution in [2.45, 2.75) is 32.5 Å². The first-order chi connectivity index (χ1) is 15.2. The van der Waals surface area contributed by atoms with Crippen molar-refractivity contribution in [2.24, 2.45) is 5.16 Å². The summed E-state index contributed by atoms with van der Waals surface area (Å²) in [6.45, 7) is 0.912. The number of carbonyl (C=O) groups excluding carboxylic acids is 2. The molecule has 0 aliphatic carbocycles. The van der Waals surface area contributed by atoms with Crippen LogP contribution < -0.4 is 16.0 Å². The van der Waals surface area contributed by atoms with Crippen molar-refractivity contribution in [2.75, 3.05) is 6.61 Å². The zero-order valence-electron chi connectivity index (χ0n) is 16.8. The first-order valence-electron chi connectivity index (χ1n) is 9.18. The molecular weight excluding hydrogens is 430 g/mol. The Bertz CT molecular complexity index is 1070. The van der Waals surface area contributed by atoms with Gasteiger partial charge in [-0.15, -0.1) is 0 Å². The van der Waals surface area contributed by atoms with Gasteiger partial charge in [0.1, 0.15) is 12.4 Å². The van der Waals surface area contributed by atoms with E-state index < -0.39 is 42.5 Å². The van der Waals surface area contributed by atoms with Gasteiger partial charge in [0.05, 0.1) is 18.6 Å². The summed E-state index contributed by atoms with van der Waals surface area (Å²) in [5, 5.41) is 31.2. The van der Waals surface area contributed by atoms with Crippen molar-refractivity contribution < 1.29 is 39.2 Å². The fourth-order valence-corrected chi connectivity index (χ4v) is 2.29. The molecule has 0 saturated heterocycles. The van der Waals surface area contributed by atoms with E-state index in [4.69, 9.17) is 19.4 Å². The van der Waals surface area contributed by atoms with Gasteiger partial charge in [0.15, 0.2) is 6.29 Å². The summed E-state index contributed by atoms with van der Waals surface area (Å²) in [6, 6.07) is 7.12. The van der Waals surface area contributed by atoms with E-state index in [0.717, 1.165) is 12.3 Å². The maximum Gasteiger partial charge on any atom is 0.332 e. The molecule has 13 nitrogen and oxygen atoms in total. The molecule has 0 aliphatic heterocycles. The molecule has 2 unspecified atom stereocenters. The summed E-state index contributed by atoms with van der Waals surface area (Å²) in [5.74, 6) is -1.31. The standard InChI is InChI=1S/C19H21N3O10/c1-11(21-29)12-2-4-13(5-3-12)31-16(25)7-6-15(24)30-10-17(26)32-19(28)22-9-8-14(23)20-18(22)27/h2-5,8-9,17,19,26,28-29H,6-7,10H2,1H3,(H,20,23,27)/b21-11+. The van der Waals surface area contributed by atoms with Gasteiger partial charge in [0.2, 0.25) is 6.41 Å². The first-order valence-corrected chi connectivity index (χ1v) is 9.18. The van der Waals surface area contributed by atoms with Gasteiger partial charge in [-0.05, 0) is 36.8 Å².